The van der Waals surface area contributed by atoms with Crippen molar-refractivity contribution in [3.8, 4) is 0 Å². The Morgan fingerprint density at radius 3 is 2.53 bits per heavy atom. The number of hydrogen-bond donors (Lipinski definition) is 1. The van der Waals surface area contributed by atoms with E-state index in [-0.39, 0.29) is 0 Å². The maximum Gasteiger partial charge on any atom is 0.0957 e. The van der Waals surface area contributed by atoms with Gasteiger partial charge in [-0.25, -0.2) is 0 Å². The van der Waals surface area contributed by atoms with Crippen LogP contribution in [0.1, 0.15) is 30.7 Å². The summed E-state index contributed by atoms with van der Waals surface area (Å²) in [7, 11) is 2.02. The highest BCUT2D eigenvalue weighted by atomic mass is 16.3. The van der Waals surface area contributed by atoms with Crippen molar-refractivity contribution in [2.75, 3.05) is 11.9 Å². The van der Waals surface area contributed by atoms with Crippen molar-refractivity contribution in [3.63, 3.8) is 0 Å². The van der Waals surface area contributed by atoms with E-state index in [0.717, 1.165) is 17.9 Å². The summed E-state index contributed by atoms with van der Waals surface area (Å²) in [6.45, 7) is 2.75. The minimum absolute atomic E-state index is 0.473. The van der Waals surface area contributed by atoms with Crippen LogP contribution in [0.4, 0.5) is 5.69 Å². The van der Waals surface area contributed by atoms with Gasteiger partial charge in [0.1, 0.15) is 0 Å². The molecule has 19 heavy (non-hydrogen) atoms. The summed E-state index contributed by atoms with van der Waals surface area (Å²) in [4.78, 5) is 10.4. The van der Waals surface area contributed by atoms with Crippen LogP contribution in [0.3, 0.4) is 0 Å². The molecule has 0 bridgehead atoms. The van der Waals surface area contributed by atoms with E-state index in [1.54, 1.807) is 18.6 Å². The van der Waals surface area contributed by atoms with E-state index in [0.29, 0.717) is 6.42 Å². The molecule has 0 aliphatic carbocycles. The van der Waals surface area contributed by atoms with Gasteiger partial charge in [-0.3, -0.25) is 9.97 Å². The SMILES string of the molecule is CC[C@H](O)c1ccc(N(C)Cc2ccncc2)cn1. The average molecular weight is 257 g/mol. The highest BCUT2D eigenvalue weighted by Crippen LogP contribution is 2.18. The summed E-state index contributed by atoms with van der Waals surface area (Å²) in [6.07, 6.45) is 5.60. The first-order valence-corrected chi connectivity index (χ1v) is 6.44. The Kier molecular flexibility index (Phi) is 4.47. The molecular weight excluding hydrogens is 238 g/mol. The van der Waals surface area contributed by atoms with Gasteiger partial charge in [0.2, 0.25) is 0 Å². The standard InChI is InChI=1S/C15H19N3O/c1-3-15(19)14-5-4-13(10-17-14)18(2)11-12-6-8-16-9-7-12/h4-10,15,19H,3,11H2,1-2H3/t15-/m0/s1. The minimum atomic E-state index is -0.473. The fourth-order valence-corrected chi connectivity index (χ4v) is 1.88. The van der Waals surface area contributed by atoms with Crippen LogP contribution in [-0.2, 0) is 6.54 Å². The summed E-state index contributed by atoms with van der Waals surface area (Å²) in [5, 5.41) is 9.71. The lowest BCUT2D eigenvalue weighted by molar-refractivity contribution is 0.169. The predicted molar refractivity (Wildman–Crippen MR) is 75.8 cm³/mol. The zero-order valence-corrected chi connectivity index (χ0v) is 11.3. The van der Waals surface area contributed by atoms with Crippen LogP contribution < -0.4 is 4.90 Å². The second-order valence-corrected chi connectivity index (χ2v) is 4.58. The Labute approximate surface area is 113 Å². The van der Waals surface area contributed by atoms with Gasteiger partial charge in [0.05, 0.1) is 23.7 Å². The number of aromatic nitrogens is 2. The lowest BCUT2D eigenvalue weighted by Gasteiger charge is -2.19. The molecule has 0 radical (unpaired) electrons. The van der Waals surface area contributed by atoms with Crippen LogP contribution in [0, 0.1) is 0 Å². The molecule has 100 valence electrons. The molecule has 0 unspecified atom stereocenters. The molecule has 0 saturated heterocycles. The number of hydrogen-bond acceptors (Lipinski definition) is 4. The molecule has 0 fully saturated rings. The van der Waals surface area contributed by atoms with Crippen LogP contribution in [0.15, 0.2) is 42.9 Å². The third kappa shape index (κ3) is 3.51. The van der Waals surface area contributed by atoms with Crippen LogP contribution in [-0.4, -0.2) is 22.1 Å². The fourth-order valence-electron chi connectivity index (χ4n) is 1.88. The van der Waals surface area contributed by atoms with E-state index >= 15 is 0 Å². The van der Waals surface area contributed by atoms with Gasteiger partial charge in [-0.15, -0.1) is 0 Å². The van der Waals surface area contributed by atoms with Gasteiger partial charge in [-0.05, 0) is 36.2 Å². The van der Waals surface area contributed by atoms with Gasteiger partial charge >= 0.3 is 0 Å². The first-order valence-electron chi connectivity index (χ1n) is 6.44. The van der Waals surface area contributed by atoms with Crippen molar-refractivity contribution in [2.24, 2.45) is 0 Å². The molecule has 4 heteroatoms. The molecule has 0 spiro atoms. The van der Waals surface area contributed by atoms with Crippen molar-refractivity contribution < 1.29 is 5.11 Å². The van der Waals surface area contributed by atoms with Crippen LogP contribution in [0.2, 0.25) is 0 Å². The highest BCUT2D eigenvalue weighted by molar-refractivity contribution is 5.44. The van der Waals surface area contributed by atoms with Crippen LogP contribution >= 0.6 is 0 Å². The third-order valence-corrected chi connectivity index (χ3v) is 3.11. The van der Waals surface area contributed by atoms with E-state index in [1.165, 1.54) is 5.56 Å². The number of rotatable bonds is 5. The van der Waals surface area contributed by atoms with Crippen LogP contribution in [0.5, 0.6) is 0 Å². The van der Waals surface area contributed by atoms with Gasteiger partial charge in [0.15, 0.2) is 0 Å². The molecule has 2 heterocycles. The molecule has 0 amide bonds. The van der Waals surface area contributed by atoms with Gasteiger partial charge in [-0.2, -0.15) is 0 Å². The number of nitrogens with zero attached hydrogens (tertiary/aromatic N) is 3. The zero-order valence-electron chi connectivity index (χ0n) is 11.3. The quantitative estimate of drug-likeness (QED) is 0.894. The largest absolute Gasteiger partial charge is 0.387 e. The molecule has 1 atom stereocenters. The fraction of sp³-hybridized carbons (Fsp3) is 0.333. The van der Waals surface area contributed by atoms with Crippen molar-refractivity contribution in [2.45, 2.75) is 26.0 Å². The molecule has 2 aromatic heterocycles. The molecule has 0 aromatic carbocycles. The summed E-state index contributed by atoms with van der Waals surface area (Å²) < 4.78 is 0. The Balaban J connectivity index is 2.05. The first-order chi connectivity index (χ1) is 9.20. The topological polar surface area (TPSA) is 49.2 Å². The van der Waals surface area contributed by atoms with Crippen molar-refractivity contribution in [3.05, 3.63) is 54.1 Å². The van der Waals surface area contributed by atoms with Crippen molar-refractivity contribution in [1.29, 1.82) is 0 Å². The maximum absolute atomic E-state index is 9.71. The van der Waals surface area contributed by atoms with E-state index < -0.39 is 6.10 Å². The van der Waals surface area contributed by atoms with E-state index in [2.05, 4.69) is 14.9 Å². The number of pyridine rings is 2. The smallest absolute Gasteiger partial charge is 0.0957 e. The summed E-state index contributed by atoms with van der Waals surface area (Å²) in [6, 6.07) is 7.87. The summed E-state index contributed by atoms with van der Waals surface area (Å²) >= 11 is 0. The summed E-state index contributed by atoms with van der Waals surface area (Å²) in [5.41, 5.74) is 2.96. The van der Waals surface area contributed by atoms with Gasteiger partial charge in [0, 0.05) is 26.0 Å². The molecule has 4 nitrogen and oxygen atoms in total. The second-order valence-electron chi connectivity index (χ2n) is 4.58. The summed E-state index contributed by atoms with van der Waals surface area (Å²) in [5.74, 6) is 0. The maximum atomic E-state index is 9.71. The van der Waals surface area contributed by atoms with E-state index in [1.807, 2.05) is 38.2 Å². The molecule has 0 saturated carbocycles. The molecule has 2 aromatic rings. The lowest BCUT2D eigenvalue weighted by Crippen LogP contribution is -2.16. The Morgan fingerprint density at radius 2 is 1.95 bits per heavy atom. The predicted octanol–water partition coefficient (Wildman–Crippen LogP) is 2.56. The number of aliphatic hydroxyl groups is 1. The Morgan fingerprint density at radius 1 is 1.21 bits per heavy atom. The normalized spacial score (nSPS) is 12.2. The monoisotopic (exact) mass is 257 g/mol. The number of anilines is 1. The van der Waals surface area contributed by atoms with E-state index in [9.17, 15) is 5.11 Å². The lowest BCUT2D eigenvalue weighted by atomic mass is 10.2. The highest BCUT2D eigenvalue weighted by Gasteiger charge is 2.07. The molecule has 0 aliphatic heterocycles. The average Bonchev–Trinajstić information content (AvgIpc) is 2.47. The third-order valence-electron chi connectivity index (χ3n) is 3.11. The van der Waals surface area contributed by atoms with E-state index in [4.69, 9.17) is 0 Å². The van der Waals surface area contributed by atoms with Crippen LogP contribution in [0.25, 0.3) is 0 Å². The van der Waals surface area contributed by atoms with Gasteiger partial charge in [-0.1, -0.05) is 6.92 Å². The van der Waals surface area contributed by atoms with Gasteiger partial charge in [0.25, 0.3) is 0 Å². The van der Waals surface area contributed by atoms with Crippen molar-refractivity contribution in [1.82, 2.24) is 9.97 Å². The molecule has 2 rings (SSSR count). The molecule has 1 N–H and O–H groups in total. The number of aliphatic hydroxyl groups excluding tert-OH is 1. The molecular formula is C15H19N3O. The van der Waals surface area contributed by atoms with Crippen molar-refractivity contribution >= 4 is 5.69 Å². The zero-order chi connectivity index (χ0) is 13.7. The van der Waals surface area contributed by atoms with Gasteiger partial charge < -0.3 is 10.0 Å². The Hall–Kier alpha value is -1.94. The second kappa shape index (κ2) is 6.29. The molecule has 0 aliphatic rings. The Bertz CT molecular complexity index is 499. The minimum Gasteiger partial charge on any atom is -0.387 e. The first kappa shape index (κ1) is 13.5.